The number of hydrogen-bond donors (Lipinski definition) is 1. The van der Waals surface area contributed by atoms with Crippen LogP contribution in [0.2, 0.25) is 0 Å². The molecule has 0 saturated heterocycles. The van der Waals surface area contributed by atoms with Crippen LogP contribution in [0.25, 0.3) is 0 Å². The largest absolute Gasteiger partial charge is 0.491 e. The van der Waals surface area contributed by atoms with Gasteiger partial charge in [0.2, 0.25) is 5.76 Å². The molecule has 2 aromatic heterocycles. The second kappa shape index (κ2) is 9.68. The van der Waals surface area contributed by atoms with Gasteiger partial charge in [-0.2, -0.15) is 5.10 Å². The first-order valence-corrected chi connectivity index (χ1v) is 12.0. The minimum Gasteiger partial charge on any atom is -0.491 e. The van der Waals surface area contributed by atoms with Gasteiger partial charge in [0.15, 0.2) is 5.69 Å². The van der Waals surface area contributed by atoms with Crippen LogP contribution >= 0.6 is 11.3 Å². The van der Waals surface area contributed by atoms with Crippen molar-refractivity contribution in [1.29, 1.82) is 0 Å². The Labute approximate surface area is 201 Å². The number of nitrogens with zero attached hydrogens (tertiary/aromatic N) is 4. The van der Waals surface area contributed by atoms with Gasteiger partial charge < -0.3 is 19.7 Å². The fraction of sp³-hybridized carbons (Fsp3) is 0.333. The van der Waals surface area contributed by atoms with Crippen LogP contribution in [-0.4, -0.2) is 51.2 Å². The van der Waals surface area contributed by atoms with Crippen LogP contribution < -0.4 is 5.32 Å². The molecule has 1 N–H and O–H groups in total. The molecule has 2 amide bonds. The fourth-order valence-electron chi connectivity index (χ4n) is 4.18. The highest BCUT2D eigenvalue weighted by molar-refractivity contribution is 7.09. The molecule has 0 radical (unpaired) electrons. The van der Waals surface area contributed by atoms with E-state index in [0.717, 1.165) is 21.8 Å². The van der Waals surface area contributed by atoms with E-state index in [2.05, 4.69) is 15.4 Å². The number of benzene rings is 1. The molecule has 0 aliphatic carbocycles. The molecule has 4 heterocycles. The number of allylic oxidation sites excluding steroid dienone is 1. The Bertz CT molecular complexity index is 1220. The van der Waals surface area contributed by atoms with E-state index >= 15 is 0 Å². The molecule has 176 valence electrons. The first-order chi connectivity index (χ1) is 16.6. The van der Waals surface area contributed by atoms with Crippen LogP contribution in [-0.2, 0) is 40.3 Å². The summed E-state index contributed by atoms with van der Waals surface area (Å²) in [5.74, 6) is 0.220. The van der Waals surface area contributed by atoms with E-state index in [4.69, 9.17) is 9.47 Å². The molecule has 2 aliphatic heterocycles. The van der Waals surface area contributed by atoms with Crippen LogP contribution in [0.1, 0.15) is 39.2 Å². The zero-order chi connectivity index (χ0) is 23.5. The number of amides is 2. The Hall–Kier alpha value is -3.66. The lowest BCUT2D eigenvalue weighted by molar-refractivity contribution is -0.133. The monoisotopic (exact) mass is 479 g/mol. The smallest absolute Gasteiger partial charge is 0.292 e. The third-order valence-electron chi connectivity index (χ3n) is 5.86. The molecular formula is C24H25N5O4S. The second-order valence-electron chi connectivity index (χ2n) is 8.08. The van der Waals surface area contributed by atoms with Gasteiger partial charge in [0.05, 0.1) is 19.6 Å². The molecule has 5 rings (SSSR count). The molecule has 0 spiro atoms. The number of ether oxygens (including phenoxy) is 2. The Morgan fingerprint density at radius 3 is 2.76 bits per heavy atom. The van der Waals surface area contributed by atoms with Crippen LogP contribution in [0.15, 0.2) is 53.4 Å². The van der Waals surface area contributed by atoms with Gasteiger partial charge in [-0.15, -0.1) is 11.3 Å². The minimum atomic E-state index is -0.278. The van der Waals surface area contributed by atoms with Crippen molar-refractivity contribution in [2.75, 3.05) is 19.8 Å². The van der Waals surface area contributed by atoms with E-state index in [1.165, 1.54) is 11.3 Å². The van der Waals surface area contributed by atoms with Crippen molar-refractivity contribution in [1.82, 2.24) is 25.0 Å². The molecule has 3 aromatic rings. The number of thiazole rings is 1. The summed E-state index contributed by atoms with van der Waals surface area (Å²) in [6, 6.07) is 10.00. The highest BCUT2D eigenvalue weighted by Gasteiger charge is 2.33. The molecule has 0 saturated carbocycles. The molecular weight excluding hydrogens is 454 g/mol. The SMILES string of the molecule is CC1=C(C(=O)N2CCc3c(c(C(=O)NCc4nccs4)nn3Cc3ccccc3)C2)OCCO1. The van der Waals surface area contributed by atoms with Crippen molar-refractivity contribution in [3.63, 3.8) is 0 Å². The maximum Gasteiger partial charge on any atom is 0.292 e. The van der Waals surface area contributed by atoms with Gasteiger partial charge in [0.25, 0.3) is 11.8 Å². The number of carbonyl (C=O) groups excluding carboxylic acids is 2. The van der Waals surface area contributed by atoms with Crippen molar-refractivity contribution in [3.8, 4) is 0 Å². The number of carbonyl (C=O) groups is 2. The van der Waals surface area contributed by atoms with Gasteiger partial charge in [-0.25, -0.2) is 4.98 Å². The van der Waals surface area contributed by atoms with Crippen molar-refractivity contribution in [2.24, 2.45) is 0 Å². The van der Waals surface area contributed by atoms with Gasteiger partial charge in [0, 0.05) is 35.8 Å². The summed E-state index contributed by atoms with van der Waals surface area (Å²) in [7, 11) is 0. The zero-order valence-electron chi connectivity index (χ0n) is 18.8. The third kappa shape index (κ3) is 4.54. The van der Waals surface area contributed by atoms with Gasteiger partial charge >= 0.3 is 0 Å². The Kier molecular flexibility index (Phi) is 6.31. The maximum absolute atomic E-state index is 13.2. The summed E-state index contributed by atoms with van der Waals surface area (Å²) in [6.45, 7) is 4.18. The third-order valence-corrected chi connectivity index (χ3v) is 6.64. The van der Waals surface area contributed by atoms with Gasteiger partial charge in [-0.3, -0.25) is 14.3 Å². The van der Waals surface area contributed by atoms with Crippen molar-refractivity contribution in [3.05, 3.63) is 80.9 Å². The van der Waals surface area contributed by atoms with Crippen LogP contribution in [0.5, 0.6) is 0 Å². The van der Waals surface area contributed by atoms with Crippen LogP contribution in [0.3, 0.4) is 0 Å². The molecule has 2 aliphatic rings. The number of aromatic nitrogens is 3. The topological polar surface area (TPSA) is 98.6 Å². The molecule has 1 aromatic carbocycles. The Balaban J connectivity index is 1.43. The highest BCUT2D eigenvalue weighted by Crippen LogP contribution is 2.26. The molecule has 0 bridgehead atoms. The van der Waals surface area contributed by atoms with Gasteiger partial charge in [-0.05, 0) is 12.5 Å². The summed E-state index contributed by atoms with van der Waals surface area (Å²) < 4.78 is 13.0. The van der Waals surface area contributed by atoms with E-state index in [1.807, 2.05) is 40.4 Å². The van der Waals surface area contributed by atoms with Crippen molar-refractivity contribution >= 4 is 23.2 Å². The van der Waals surface area contributed by atoms with E-state index in [9.17, 15) is 9.59 Å². The predicted octanol–water partition coefficient (Wildman–Crippen LogP) is 2.48. The Morgan fingerprint density at radius 1 is 1.18 bits per heavy atom. The molecule has 0 unspecified atom stereocenters. The predicted molar refractivity (Wildman–Crippen MR) is 125 cm³/mol. The normalized spacial score (nSPS) is 15.4. The Morgan fingerprint density at radius 2 is 2.00 bits per heavy atom. The van der Waals surface area contributed by atoms with Gasteiger partial charge in [0.1, 0.15) is 24.0 Å². The molecule has 10 heteroatoms. The van der Waals surface area contributed by atoms with Crippen LogP contribution in [0.4, 0.5) is 0 Å². The standard InChI is InChI=1S/C24H25N5O4S/c1-16-22(33-11-10-32-16)24(31)28-9-7-19-18(15-28)21(23(30)26-13-20-25-8-12-34-20)27-29(19)14-17-5-3-2-4-6-17/h2-6,8,12H,7,9-11,13-15H2,1H3,(H,26,30). The maximum atomic E-state index is 13.2. The summed E-state index contributed by atoms with van der Waals surface area (Å²) in [5, 5.41) is 10.3. The lowest BCUT2D eigenvalue weighted by Gasteiger charge is -2.30. The highest BCUT2D eigenvalue weighted by atomic mass is 32.1. The van der Waals surface area contributed by atoms with E-state index in [1.54, 1.807) is 18.0 Å². The summed E-state index contributed by atoms with van der Waals surface area (Å²) in [6.07, 6.45) is 2.30. The second-order valence-corrected chi connectivity index (χ2v) is 9.06. The minimum absolute atomic E-state index is 0.229. The molecule has 34 heavy (non-hydrogen) atoms. The lowest BCUT2D eigenvalue weighted by Crippen LogP contribution is -2.39. The summed E-state index contributed by atoms with van der Waals surface area (Å²) in [4.78, 5) is 32.2. The van der Waals surface area contributed by atoms with E-state index in [0.29, 0.717) is 50.7 Å². The summed E-state index contributed by atoms with van der Waals surface area (Å²) in [5.41, 5.74) is 3.17. The number of rotatable bonds is 6. The first kappa shape index (κ1) is 22.1. The molecule has 9 nitrogen and oxygen atoms in total. The molecule has 0 atom stereocenters. The number of fused-ring (bicyclic) bond motifs is 1. The number of hydrogen-bond acceptors (Lipinski definition) is 7. The van der Waals surface area contributed by atoms with E-state index in [-0.39, 0.29) is 24.1 Å². The first-order valence-electron chi connectivity index (χ1n) is 11.1. The quantitative estimate of drug-likeness (QED) is 0.583. The van der Waals surface area contributed by atoms with Crippen LogP contribution in [0, 0.1) is 0 Å². The van der Waals surface area contributed by atoms with E-state index < -0.39 is 0 Å². The molecule has 0 fully saturated rings. The average Bonchev–Trinajstić information content (AvgIpc) is 3.51. The zero-order valence-corrected chi connectivity index (χ0v) is 19.6. The van der Waals surface area contributed by atoms with Gasteiger partial charge in [-0.1, -0.05) is 30.3 Å². The average molecular weight is 480 g/mol. The van der Waals surface area contributed by atoms with Crippen molar-refractivity contribution < 1.29 is 19.1 Å². The fourth-order valence-corrected chi connectivity index (χ4v) is 4.73. The number of nitrogens with one attached hydrogen (secondary N) is 1. The lowest BCUT2D eigenvalue weighted by atomic mass is 10.0. The summed E-state index contributed by atoms with van der Waals surface area (Å²) >= 11 is 1.48. The van der Waals surface area contributed by atoms with Crippen molar-refractivity contribution in [2.45, 2.75) is 33.0 Å².